The van der Waals surface area contributed by atoms with Crippen molar-refractivity contribution in [2.75, 3.05) is 11.5 Å². The highest BCUT2D eigenvalue weighted by molar-refractivity contribution is 5.94. The first kappa shape index (κ1) is 17.0. The summed E-state index contributed by atoms with van der Waals surface area (Å²) < 4.78 is 0. The van der Waals surface area contributed by atoms with E-state index in [2.05, 4.69) is 50.5 Å². The van der Waals surface area contributed by atoms with Crippen LogP contribution in [0.1, 0.15) is 23.2 Å². The quantitative estimate of drug-likeness (QED) is 0.505. The molecule has 0 saturated heterocycles. The number of nitrogens with zero attached hydrogens (tertiary/aromatic N) is 3. The van der Waals surface area contributed by atoms with Crippen molar-refractivity contribution in [3.8, 4) is 11.3 Å². The van der Waals surface area contributed by atoms with Crippen LogP contribution in [0.2, 0.25) is 0 Å². The minimum Gasteiger partial charge on any atom is -0.382 e. The monoisotopic (exact) mass is 358 g/mol. The molecule has 0 amide bonds. The van der Waals surface area contributed by atoms with Gasteiger partial charge in [-0.15, -0.1) is 0 Å². The first-order chi connectivity index (χ1) is 13.1. The molecule has 0 bridgehead atoms. The Morgan fingerprint density at radius 3 is 2.56 bits per heavy atom. The molecule has 0 unspecified atom stereocenters. The highest BCUT2D eigenvalue weighted by Crippen LogP contribution is 2.30. The zero-order valence-corrected chi connectivity index (χ0v) is 15.2. The third kappa shape index (κ3) is 3.60. The van der Waals surface area contributed by atoms with Gasteiger partial charge >= 0.3 is 0 Å². The molecular weight excluding hydrogens is 336 g/mol. The van der Waals surface area contributed by atoms with Crippen molar-refractivity contribution >= 4 is 22.7 Å². The van der Waals surface area contributed by atoms with E-state index in [-0.39, 0.29) is 5.95 Å². The molecule has 4 rings (SSSR count). The lowest BCUT2D eigenvalue weighted by molar-refractivity contribution is 0.825. The smallest absolute Gasteiger partial charge is 0.220 e. The third-order valence-electron chi connectivity index (χ3n) is 4.69. The summed E-state index contributed by atoms with van der Waals surface area (Å²) in [6, 6.07) is 16.6. The maximum Gasteiger partial charge on any atom is 0.220 e. The molecule has 136 valence electrons. The molecule has 6 heteroatoms. The van der Waals surface area contributed by atoms with Crippen molar-refractivity contribution in [3.05, 3.63) is 65.4 Å². The molecule has 0 spiro atoms. The molecule has 2 aromatic heterocycles. The SMILES string of the molecule is Cc1cc(-c2cc(CCCc3ccccc3)c3c(N)n[nH]c3c2)nc(N)n1. The second-order valence-electron chi connectivity index (χ2n) is 6.76. The number of H-pyrrole nitrogens is 1. The van der Waals surface area contributed by atoms with Crippen molar-refractivity contribution in [2.45, 2.75) is 26.2 Å². The molecule has 0 radical (unpaired) electrons. The van der Waals surface area contributed by atoms with Gasteiger partial charge in [-0.05, 0) is 55.5 Å². The second kappa shape index (κ2) is 7.07. The maximum absolute atomic E-state index is 6.11. The van der Waals surface area contributed by atoms with E-state index in [1.165, 1.54) is 11.1 Å². The number of aromatic amines is 1. The van der Waals surface area contributed by atoms with Crippen LogP contribution in [0.4, 0.5) is 11.8 Å². The van der Waals surface area contributed by atoms with Gasteiger partial charge in [0.15, 0.2) is 5.82 Å². The third-order valence-corrected chi connectivity index (χ3v) is 4.69. The van der Waals surface area contributed by atoms with Crippen LogP contribution in [0.5, 0.6) is 0 Å². The van der Waals surface area contributed by atoms with Crippen LogP contribution in [0.15, 0.2) is 48.5 Å². The van der Waals surface area contributed by atoms with Crippen LogP contribution < -0.4 is 11.5 Å². The Balaban J connectivity index is 1.68. The lowest BCUT2D eigenvalue weighted by Crippen LogP contribution is -1.99. The zero-order valence-electron chi connectivity index (χ0n) is 15.2. The molecule has 5 N–H and O–H groups in total. The number of aryl methyl sites for hydroxylation is 3. The molecule has 0 atom stereocenters. The number of nitrogens with two attached hydrogens (primary N) is 2. The van der Waals surface area contributed by atoms with Gasteiger partial charge in [0.1, 0.15) is 0 Å². The van der Waals surface area contributed by atoms with Gasteiger partial charge in [-0.1, -0.05) is 30.3 Å². The number of hydrogen-bond donors (Lipinski definition) is 3. The first-order valence-corrected chi connectivity index (χ1v) is 9.02. The molecule has 0 fully saturated rings. The average Bonchev–Trinajstić information content (AvgIpc) is 3.03. The fraction of sp³-hybridized carbons (Fsp3) is 0.190. The molecule has 2 aromatic carbocycles. The van der Waals surface area contributed by atoms with Gasteiger partial charge < -0.3 is 11.5 Å². The van der Waals surface area contributed by atoms with E-state index < -0.39 is 0 Å². The van der Waals surface area contributed by atoms with Crippen LogP contribution in [0.3, 0.4) is 0 Å². The minimum atomic E-state index is 0.278. The van der Waals surface area contributed by atoms with Crippen molar-refractivity contribution in [3.63, 3.8) is 0 Å². The van der Waals surface area contributed by atoms with Gasteiger partial charge in [0, 0.05) is 16.6 Å². The Hall–Kier alpha value is -3.41. The number of anilines is 2. The van der Waals surface area contributed by atoms with Crippen molar-refractivity contribution < 1.29 is 0 Å². The number of nitrogen functional groups attached to an aromatic ring is 2. The van der Waals surface area contributed by atoms with Gasteiger partial charge in [-0.2, -0.15) is 5.10 Å². The average molecular weight is 358 g/mol. The molecule has 2 heterocycles. The van der Waals surface area contributed by atoms with Crippen LogP contribution in [-0.2, 0) is 12.8 Å². The van der Waals surface area contributed by atoms with Gasteiger partial charge in [-0.3, -0.25) is 5.10 Å². The largest absolute Gasteiger partial charge is 0.382 e. The van der Waals surface area contributed by atoms with Crippen molar-refractivity contribution in [1.82, 2.24) is 20.2 Å². The van der Waals surface area contributed by atoms with Crippen molar-refractivity contribution in [2.24, 2.45) is 0 Å². The second-order valence-corrected chi connectivity index (χ2v) is 6.76. The van der Waals surface area contributed by atoms with Crippen LogP contribution in [-0.4, -0.2) is 20.2 Å². The van der Waals surface area contributed by atoms with E-state index in [0.29, 0.717) is 5.82 Å². The summed E-state index contributed by atoms with van der Waals surface area (Å²) in [6.07, 6.45) is 2.95. The Bertz CT molecular complexity index is 1060. The molecule has 0 aliphatic heterocycles. The van der Waals surface area contributed by atoms with E-state index in [4.69, 9.17) is 11.5 Å². The summed E-state index contributed by atoms with van der Waals surface area (Å²) in [7, 11) is 0. The topological polar surface area (TPSA) is 106 Å². The summed E-state index contributed by atoms with van der Waals surface area (Å²) in [4.78, 5) is 8.55. The summed E-state index contributed by atoms with van der Waals surface area (Å²) >= 11 is 0. The first-order valence-electron chi connectivity index (χ1n) is 9.02. The molecule has 27 heavy (non-hydrogen) atoms. The van der Waals surface area contributed by atoms with Gasteiger partial charge in [-0.25, -0.2) is 9.97 Å². The summed E-state index contributed by atoms with van der Waals surface area (Å²) in [5, 5.41) is 8.21. The number of aromatic nitrogens is 4. The standard InChI is InChI=1S/C21H22N6/c1-13-10-17(25-21(23)24-13)16-11-15(19-18(12-16)26-27-20(19)22)9-5-8-14-6-3-2-4-7-14/h2-4,6-7,10-12H,5,8-9H2,1H3,(H3,22,26,27)(H2,23,24,25). The highest BCUT2D eigenvalue weighted by Gasteiger charge is 2.13. The molecular formula is C21H22N6. The molecule has 0 saturated carbocycles. The van der Waals surface area contributed by atoms with E-state index in [1.807, 2.05) is 25.1 Å². The number of benzene rings is 2. The number of hydrogen-bond acceptors (Lipinski definition) is 5. The zero-order chi connectivity index (χ0) is 18.8. The summed E-state index contributed by atoms with van der Waals surface area (Å²) in [5.74, 6) is 0.810. The number of nitrogens with one attached hydrogen (secondary N) is 1. The predicted octanol–water partition coefficient (Wildman–Crippen LogP) is 3.67. The van der Waals surface area contributed by atoms with Crippen LogP contribution in [0, 0.1) is 6.92 Å². The van der Waals surface area contributed by atoms with E-state index in [1.54, 1.807) is 0 Å². The number of fused-ring (bicyclic) bond motifs is 1. The van der Waals surface area contributed by atoms with Crippen LogP contribution in [0.25, 0.3) is 22.2 Å². The fourth-order valence-electron chi connectivity index (χ4n) is 3.48. The highest BCUT2D eigenvalue weighted by atomic mass is 15.1. The molecule has 4 aromatic rings. The fourth-order valence-corrected chi connectivity index (χ4v) is 3.48. The molecule has 6 nitrogen and oxygen atoms in total. The van der Waals surface area contributed by atoms with Gasteiger partial charge in [0.2, 0.25) is 5.95 Å². The predicted molar refractivity (Wildman–Crippen MR) is 109 cm³/mol. The summed E-state index contributed by atoms with van der Waals surface area (Å²) in [5.41, 5.74) is 18.0. The Labute approximate surface area is 157 Å². The van der Waals surface area contributed by atoms with Crippen molar-refractivity contribution in [1.29, 1.82) is 0 Å². The number of rotatable bonds is 5. The summed E-state index contributed by atoms with van der Waals surface area (Å²) in [6.45, 7) is 1.91. The lowest BCUT2D eigenvalue weighted by Gasteiger charge is -2.09. The lowest BCUT2D eigenvalue weighted by atomic mass is 9.97. The Morgan fingerprint density at radius 1 is 0.963 bits per heavy atom. The van der Waals surface area contributed by atoms with E-state index in [0.717, 1.165) is 47.1 Å². The maximum atomic E-state index is 6.11. The normalized spacial score (nSPS) is 11.1. The van der Waals surface area contributed by atoms with Crippen LogP contribution >= 0.6 is 0 Å². The Morgan fingerprint density at radius 2 is 1.78 bits per heavy atom. The Kier molecular flexibility index (Phi) is 4.46. The minimum absolute atomic E-state index is 0.278. The van der Waals surface area contributed by atoms with Gasteiger partial charge in [0.05, 0.1) is 11.2 Å². The van der Waals surface area contributed by atoms with Gasteiger partial charge in [0.25, 0.3) is 0 Å². The molecule has 0 aliphatic rings. The molecule has 0 aliphatic carbocycles. The van der Waals surface area contributed by atoms with E-state index in [9.17, 15) is 0 Å². The van der Waals surface area contributed by atoms with E-state index >= 15 is 0 Å².